The fourth-order valence-electron chi connectivity index (χ4n) is 2.88. The van der Waals surface area contributed by atoms with Crippen molar-refractivity contribution in [3.05, 3.63) is 64.7 Å². The van der Waals surface area contributed by atoms with Gasteiger partial charge in [0, 0.05) is 22.6 Å². The minimum atomic E-state index is -0.886. The van der Waals surface area contributed by atoms with Crippen LogP contribution in [0.4, 0.5) is 5.69 Å². The van der Waals surface area contributed by atoms with E-state index in [0.717, 1.165) is 22.5 Å². The second-order valence-corrected chi connectivity index (χ2v) is 7.87. The molecular weight excluding hydrogens is 395 g/mol. The van der Waals surface area contributed by atoms with E-state index in [0.29, 0.717) is 29.5 Å². The van der Waals surface area contributed by atoms with Crippen LogP contribution < -0.4 is 5.43 Å². The van der Waals surface area contributed by atoms with Gasteiger partial charge in [-0.15, -0.1) is 11.6 Å². The summed E-state index contributed by atoms with van der Waals surface area (Å²) in [4.78, 5) is 9.43. The molecule has 7 heteroatoms. The first-order chi connectivity index (χ1) is 13.4. The Kier molecular flexibility index (Phi) is 6.50. The average molecular weight is 417 g/mol. The third-order valence-corrected chi connectivity index (χ3v) is 4.58. The van der Waals surface area contributed by atoms with Crippen molar-refractivity contribution in [3.63, 3.8) is 0 Å². The first-order valence-corrected chi connectivity index (χ1v) is 9.84. The molecule has 0 bridgehead atoms. The number of benzene rings is 2. The first-order valence-electron chi connectivity index (χ1n) is 8.93. The topological polar surface area (TPSA) is 69.3 Å². The van der Waals surface area contributed by atoms with Crippen LogP contribution in [-0.2, 0) is 0 Å². The summed E-state index contributed by atoms with van der Waals surface area (Å²) in [6.07, 6.45) is 0.363. The zero-order valence-corrected chi connectivity index (χ0v) is 17.3. The molecule has 1 aliphatic heterocycles. The van der Waals surface area contributed by atoms with Crippen molar-refractivity contribution in [1.82, 2.24) is 5.43 Å². The molecule has 5 nitrogen and oxygen atoms in total. The molecule has 0 saturated carbocycles. The lowest BCUT2D eigenvalue weighted by Gasteiger charge is -2.17. The van der Waals surface area contributed by atoms with E-state index in [2.05, 4.69) is 15.5 Å². The number of alkyl halides is 1. The predicted octanol–water partition coefficient (Wildman–Crippen LogP) is 4.57. The Morgan fingerprint density at radius 3 is 2.64 bits per heavy atom. The van der Waals surface area contributed by atoms with Gasteiger partial charge in [-0.05, 0) is 32.0 Å². The number of hydrogen-bond donors (Lipinski definition) is 2. The quantitative estimate of drug-likeness (QED) is 0.425. The second-order valence-electron chi connectivity index (χ2n) is 7.16. The molecule has 2 aromatic carbocycles. The van der Waals surface area contributed by atoms with Gasteiger partial charge in [0.1, 0.15) is 5.84 Å². The normalized spacial score (nSPS) is 14.7. The molecule has 0 unspecified atom stereocenters. The minimum absolute atomic E-state index is 0.217. The molecular formula is C21H22Cl2N4O. The highest BCUT2D eigenvalue weighted by Gasteiger charge is 2.18. The number of hydrazone groups is 1. The molecule has 3 rings (SSSR count). The smallest absolute Gasteiger partial charge is 0.144 e. The highest BCUT2D eigenvalue weighted by atomic mass is 35.5. The molecule has 0 aromatic heterocycles. The largest absolute Gasteiger partial charge is 0.390 e. The van der Waals surface area contributed by atoms with Gasteiger partial charge in [-0.2, -0.15) is 5.10 Å². The van der Waals surface area contributed by atoms with Gasteiger partial charge in [-0.25, -0.2) is 4.99 Å². The van der Waals surface area contributed by atoms with Gasteiger partial charge in [0.2, 0.25) is 0 Å². The third-order valence-electron chi connectivity index (χ3n) is 4.04. The monoisotopic (exact) mass is 416 g/mol. The van der Waals surface area contributed by atoms with Crippen molar-refractivity contribution in [2.75, 3.05) is 12.4 Å². The molecule has 0 atom stereocenters. The van der Waals surface area contributed by atoms with Crippen molar-refractivity contribution >= 4 is 46.1 Å². The number of aliphatic hydroxyl groups is 1. The summed E-state index contributed by atoms with van der Waals surface area (Å²) < 4.78 is 0. The highest BCUT2D eigenvalue weighted by Crippen LogP contribution is 2.28. The fraction of sp³-hybridized carbons (Fsp3) is 0.286. The maximum Gasteiger partial charge on any atom is 0.144 e. The number of amidine groups is 1. The van der Waals surface area contributed by atoms with Crippen molar-refractivity contribution in [2.45, 2.75) is 25.9 Å². The van der Waals surface area contributed by atoms with Gasteiger partial charge >= 0.3 is 0 Å². The van der Waals surface area contributed by atoms with Crippen LogP contribution >= 0.6 is 23.2 Å². The molecule has 2 N–H and O–H groups in total. The predicted molar refractivity (Wildman–Crippen MR) is 118 cm³/mol. The number of nitrogens with one attached hydrogen (secondary N) is 1. The van der Waals surface area contributed by atoms with Gasteiger partial charge < -0.3 is 5.11 Å². The summed E-state index contributed by atoms with van der Waals surface area (Å²) in [5.41, 5.74) is 6.18. The Morgan fingerprint density at radius 2 is 1.96 bits per heavy atom. The zero-order valence-electron chi connectivity index (χ0n) is 15.8. The number of halogens is 2. The first kappa shape index (κ1) is 20.5. The fourth-order valence-corrected chi connectivity index (χ4v) is 3.20. The van der Waals surface area contributed by atoms with Gasteiger partial charge in [-0.1, -0.05) is 41.9 Å². The summed E-state index contributed by atoms with van der Waals surface area (Å²) in [6, 6.07) is 15.5. The summed E-state index contributed by atoms with van der Waals surface area (Å²) in [6.45, 7) is 3.77. The van der Waals surface area contributed by atoms with Crippen molar-refractivity contribution in [3.8, 4) is 0 Å². The van der Waals surface area contributed by atoms with E-state index in [9.17, 15) is 5.11 Å². The molecule has 1 heterocycles. The zero-order chi connectivity index (χ0) is 20.1. The van der Waals surface area contributed by atoms with Crippen LogP contribution in [0, 0.1) is 0 Å². The van der Waals surface area contributed by atoms with Gasteiger partial charge in [0.25, 0.3) is 0 Å². The van der Waals surface area contributed by atoms with Gasteiger partial charge in [-0.3, -0.25) is 10.4 Å². The molecule has 0 spiro atoms. The molecule has 2 aromatic rings. The van der Waals surface area contributed by atoms with Crippen molar-refractivity contribution in [2.24, 2.45) is 15.1 Å². The molecule has 0 radical (unpaired) electrons. The maximum atomic E-state index is 9.99. The highest BCUT2D eigenvalue weighted by molar-refractivity contribution is 6.31. The minimum Gasteiger partial charge on any atom is -0.390 e. The lowest BCUT2D eigenvalue weighted by atomic mass is 10.0. The number of aliphatic imine (C=N–C) groups is 2. The molecule has 0 amide bonds. The molecule has 0 saturated heterocycles. The van der Waals surface area contributed by atoms with Gasteiger partial charge in [0.15, 0.2) is 0 Å². The average Bonchev–Trinajstić information content (AvgIpc) is 2.84. The molecule has 0 fully saturated rings. The lowest BCUT2D eigenvalue weighted by molar-refractivity contribution is 0.0884. The standard InChI is InChI=1S/C21H22Cl2N4O/c1-21(2,28)11-16(12-22)26-27-19-13-24-20(14-6-4-3-5-7-14)17-10-15(23)8-9-18(17)25-19/h3-10,28H,11-13H2,1-2H3,(H,25,27)/b26-16+. The van der Waals surface area contributed by atoms with E-state index in [1.165, 1.54) is 0 Å². The maximum absolute atomic E-state index is 9.99. The van der Waals surface area contributed by atoms with Crippen LogP contribution in [0.3, 0.4) is 0 Å². The van der Waals surface area contributed by atoms with Crippen molar-refractivity contribution < 1.29 is 5.11 Å². The molecule has 0 aliphatic carbocycles. The van der Waals surface area contributed by atoms with Crippen LogP contribution in [0.2, 0.25) is 5.02 Å². The summed E-state index contributed by atoms with van der Waals surface area (Å²) >= 11 is 12.2. The lowest BCUT2D eigenvalue weighted by Crippen LogP contribution is -2.28. The number of rotatable bonds is 5. The SMILES string of the molecule is CC(C)(O)C/C(CCl)=N\NC1=Nc2ccc(Cl)cc2C(c2ccccc2)=NC1. The van der Waals surface area contributed by atoms with Crippen LogP contribution in [0.1, 0.15) is 31.4 Å². The summed E-state index contributed by atoms with van der Waals surface area (Å²) in [7, 11) is 0. The molecule has 1 aliphatic rings. The molecule has 28 heavy (non-hydrogen) atoms. The number of nitrogens with zero attached hydrogens (tertiary/aromatic N) is 3. The van der Waals surface area contributed by atoms with Crippen LogP contribution in [0.5, 0.6) is 0 Å². The Hall–Kier alpha value is -2.21. The number of fused-ring (bicyclic) bond motifs is 1. The Bertz CT molecular complexity index is 931. The number of hydrogen-bond acceptors (Lipinski definition) is 5. The van der Waals surface area contributed by atoms with E-state index < -0.39 is 5.60 Å². The Morgan fingerprint density at radius 1 is 1.21 bits per heavy atom. The van der Waals surface area contributed by atoms with Crippen LogP contribution in [-0.4, -0.2) is 40.4 Å². The summed E-state index contributed by atoms with van der Waals surface area (Å²) in [5, 5.41) is 14.9. The van der Waals surface area contributed by atoms with E-state index in [1.807, 2.05) is 42.5 Å². The third kappa shape index (κ3) is 5.41. The van der Waals surface area contributed by atoms with E-state index in [1.54, 1.807) is 19.9 Å². The van der Waals surface area contributed by atoms with E-state index in [-0.39, 0.29) is 5.88 Å². The van der Waals surface area contributed by atoms with Crippen LogP contribution in [0.25, 0.3) is 0 Å². The summed E-state index contributed by atoms with van der Waals surface area (Å²) in [5.74, 6) is 0.808. The van der Waals surface area contributed by atoms with Gasteiger partial charge in [0.05, 0.1) is 35.1 Å². The van der Waals surface area contributed by atoms with E-state index in [4.69, 9.17) is 28.2 Å². The second kappa shape index (κ2) is 8.86. The van der Waals surface area contributed by atoms with E-state index >= 15 is 0 Å². The Balaban J connectivity index is 1.94. The van der Waals surface area contributed by atoms with Crippen LogP contribution in [0.15, 0.2) is 63.6 Å². The van der Waals surface area contributed by atoms with Crippen molar-refractivity contribution in [1.29, 1.82) is 0 Å². The molecule has 146 valence electrons. The Labute approximate surface area is 174 Å².